The minimum Gasteiger partial charge on any atom is -0.466 e. The van der Waals surface area contributed by atoms with Gasteiger partial charge < -0.3 is 29.4 Å². The molecule has 12 nitrogen and oxygen atoms in total. The molecule has 0 aromatic carbocycles. The van der Waals surface area contributed by atoms with Gasteiger partial charge in [0.15, 0.2) is 0 Å². The number of esters is 4. The topological polar surface area (TPSA) is 170 Å². The summed E-state index contributed by atoms with van der Waals surface area (Å²) in [5, 5.41) is 26.7. The Balaban J connectivity index is 2.10. The van der Waals surface area contributed by atoms with E-state index >= 15 is 0 Å². The summed E-state index contributed by atoms with van der Waals surface area (Å²) in [5.74, 6) is -10.6. The summed E-state index contributed by atoms with van der Waals surface area (Å²) >= 11 is 0. The summed E-state index contributed by atoms with van der Waals surface area (Å²) in [6, 6.07) is 0. The number of rotatable bonds is 8. The highest BCUT2D eigenvalue weighted by Crippen LogP contribution is 2.62. The summed E-state index contributed by atoms with van der Waals surface area (Å²) in [6.07, 6.45) is 0. The van der Waals surface area contributed by atoms with Crippen molar-refractivity contribution in [2.45, 2.75) is 27.7 Å². The van der Waals surface area contributed by atoms with Gasteiger partial charge in [0, 0.05) is 23.7 Å². The Hall–Kier alpha value is -3.18. The molecule has 3 rings (SSSR count). The summed E-state index contributed by atoms with van der Waals surface area (Å²) in [5.41, 5.74) is 0.110. The molecule has 3 aliphatic rings. The molecule has 0 bridgehead atoms. The molecular formula is C22H30N2O10. The number of hydrogen-bond acceptors (Lipinski definition) is 12. The van der Waals surface area contributed by atoms with Crippen LogP contribution in [0.4, 0.5) is 0 Å². The summed E-state index contributed by atoms with van der Waals surface area (Å²) in [7, 11) is 0. The molecule has 0 aromatic rings. The summed E-state index contributed by atoms with van der Waals surface area (Å²) < 4.78 is 20.6. The largest absolute Gasteiger partial charge is 0.466 e. The van der Waals surface area contributed by atoms with Crippen molar-refractivity contribution < 1.29 is 48.5 Å². The molecule has 0 aromatic heterocycles. The third-order valence-corrected chi connectivity index (χ3v) is 6.93. The average molecular weight is 482 g/mol. The van der Waals surface area contributed by atoms with Gasteiger partial charge in [0.05, 0.1) is 61.5 Å². The van der Waals surface area contributed by atoms with E-state index in [0.29, 0.717) is 0 Å². The van der Waals surface area contributed by atoms with Crippen LogP contribution < -0.4 is 0 Å². The molecule has 34 heavy (non-hydrogen) atoms. The number of carbonyl (C=O) groups is 4. The number of ether oxygens (including phenoxy) is 4. The molecule has 0 radical (unpaired) electrons. The molecule has 0 aliphatic heterocycles. The van der Waals surface area contributed by atoms with Gasteiger partial charge in [-0.3, -0.25) is 19.2 Å². The SMILES string of the molecule is CCOC(=O)[C@@H]1[C@H](C(=O)OCC)[C@@H]2C(=NO)[C@@H]3[C@H](C(=O)OCC)[C@H](C(=O)OCC)[C@@H]3C(=NO)[C@H]12. The van der Waals surface area contributed by atoms with Crippen LogP contribution in [-0.4, -0.2) is 72.1 Å². The Bertz CT molecular complexity index is 764. The molecule has 3 fully saturated rings. The maximum atomic E-state index is 12.8. The van der Waals surface area contributed by atoms with Crippen LogP contribution in [0.5, 0.6) is 0 Å². The first-order chi connectivity index (χ1) is 16.3. The quantitative estimate of drug-likeness (QED) is 0.219. The van der Waals surface area contributed by atoms with Crippen molar-refractivity contribution in [1.29, 1.82) is 0 Å². The third-order valence-electron chi connectivity index (χ3n) is 6.93. The van der Waals surface area contributed by atoms with Crippen molar-refractivity contribution in [3.63, 3.8) is 0 Å². The van der Waals surface area contributed by atoms with E-state index in [0.717, 1.165) is 0 Å². The Kier molecular flexibility index (Phi) is 7.78. The maximum absolute atomic E-state index is 12.8. The molecule has 0 heterocycles. The zero-order valence-electron chi connectivity index (χ0n) is 19.5. The van der Waals surface area contributed by atoms with Crippen LogP contribution in [0, 0.1) is 47.3 Å². The maximum Gasteiger partial charge on any atom is 0.310 e. The first kappa shape index (κ1) is 25.4. The van der Waals surface area contributed by atoms with Gasteiger partial charge in [-0.25, -0.2) is 0 Å². The minimum absolute atomic E-state index is 0.0528. The predicted molar refractivity (Wildman–Crippen MR) is 113 cm³/mol. The number of oxime groups is 2. The van der Waals surface area contributed by atoms with Crippen molar-refractivity contribution in [1.82, 2.24) is 0 Å². The summed E-state index contributed by atoms with van der Waals surface area (Å²) in [6.45, 7) is 6.65. The fourth-order valence-electron chi connectivity index (χ4n) is 5.81. The Morgan fingerprint density at radius 3 is 0.912 bits per heavy atom. The van der Waals surface area contributed by atoms with Crippen LogP contribution in [0.3, 0.4) is 0 Å². The molecule has 12 heteroatoms. The van der Waals surface area contributed by atoms with Crippen LogP contribution in [0.1, 0.15) is 27.7 Å². The van der Waals surface area contributed by atoms with E-state index in [4.69, 9.17) is 18.9 Å². The predicted octanol–water partition coefficient (Wildman–Crippen LogP) is 0.870. The van der Waals surface area contributed by atoms with Gasteiger partial charge in [0.2, 0.25) is 0 Å². The number of fused-ring (bicyclic) bond motifs is 2. The van der Waals surface area contributed by atoms with Gasteiger partial charge in [-0.05, 0) is 27.7 Å². The van der Waals surface area contributed by atoms with Crippen LogP contribution in [0.15, 0.2) is 10.3 Å². The lowest BCUT2D eigenvalue weighted by Gasteiger charge is -2.61. The lowest BCUT2D eigenvalue weighted by molar-refractivity contribution is -0.181. The Labute approximate surface area is 196 Å². The second kappa shape index (κ2) is 10.4. The van der Waals surface area contributed by atoms with E-state index in [2.05, 4.69) is 10.3 Å². The smallest absolute Gasteiger partial charge is 0.310 e. The highest BCUT2D eigenvalue weighted by molar-refractivity contribution is 6.15. The molecule has 0 spiro atoms. The van der Waals surface area contributed by atoms with Crippen LogP contribution in [0.2, 0.25) is 0 Å². The molecule has 0 saturated heterocycles. The summed E-state index contributed by atoms with van der Waals surface area (Å²) in [4.78, 5) is 51.2. The van der Waals surface area contributed by atoms with E-state index < -0.39 is 71.2 Å². The van der Waals surface area contributed by atoms with E-state index in [1.165, 1.54) is 0 Å². The van der Waals surface area contributed by atoms with Gasteiger partial charge in [-0.2, -0.15) is 0 Å². The van der Waals surface area contributed by atoms with E-state index in [-0.39, 0.29) is 37.9 Å². The standard InChI is InChI=1S/C22H30N2O10/c1-5-31-19(25)13-9-10(14(13)20(26)32-6-2)18(24-30)12-11(17(9)23-29)15(21(27)33-7-3)16(12)22(28)34-8-4/h9-16,29-30H,5-8H2,1-4H3/t9-,10+,11+,12-,13-,14+,15+,16-. The minimum atomic E-state index is -1.07. The zero-order valence-corrected chi connectivity index (χ0v) is 19.5. The van der Waals surface area contributed by atoms with Crippen molar-refractivity contribution in [2.24, 2.45) is 57.7 Å². The monoisotopic (exact) mass is 482 g/mol. The molecule has 0 unspecified atom stereocenters. The fourth-order valence-corrected chi connectivity index (χ4v) is 5.81. The normalized spacial score (nSPS) is 35.8. The van der Waals surface area contributed by atoms with Gasteiger partial charge in [0.25, 0.3) is 0 Å². The van der Waals surface area contributed by atoms with Crippen LogP contribution >= 0.6 is 0 Å². The van der Waals surface area contributed by atoms with E-state index in [1.807, 2.05) is 0 Å². The molecular weight excluding hydrogens is 452 g/mol. The molecule has 2 N–H and O–H groups in total. The fraction of sp³-hybridized carbons (Fsp3) is 0.727. The van der Waals surface area contributed by atoms with Crippen molar-refractivity contribution in [2.75, 3.05) is 26.4 Å². The molecule has 3 aliphatic carbocycles. The highest BCUT2D eigenvalue weighted by atomic mass is 16.5. The van der Waals surface area contributed by atoms with Gasteiger partial charge >= 0.3 is 23.9 Å². The van der Waals surface area contributed by atoms with Crippen molar-refractivity contribution in [3.8, 4) is 0 Å². The second-order valence-corrected chi connectivity index (χ2v) is 8.26. The van der Waals surface area contributed by atoms with E-state index in [1.54, 1.807) is 27.7 Å². The first-order valence-electron chi connectivity index (χ1n) is 11.4. The second-order valence-electron chi connectivity index (χ2n) is 8.26. The van der Waals surface area contributed by atoms with Gasteiger partial charge in [-0.15, -0.1) is 0 Å². The molecule has 0 amide bonds. The molecule has 3 saturated carbocycles. The molecule has 8 atom stereocenters. The number of carbonyl (C=O) groups excluding carboxylic acids is 4. The third kappa shape index (κ3) is 3.78. The lowest BCUT2D eigenvalue weighted by Crippen LogP contribution is -2.73. The van der Waals surface area contributed by atoms with Crippen molar-refractivity contribution in [3.05, 3.63) is 0 Å². The Morgan fingerprint density at radius 1 is 0.559 bits per heavy atom. The average Bonchev–Trinajstić information content (AvgIpc) is 2.76. The van der Waals surface area contributed by atoms with Gasteiger partial charge in [0.1, 0.15) is 0 Å². The zero-order chi connectivity index (χ0) is 25.2. The van der Waals surface area contributed by atoms with Crippen LogP contribution in [0.25, 0.3) is 0 Å². The number of hydrogen-bond donors (Lipinski definition) is 2. The van der Waals surface area contributed by atoms with Gasteiger partial charge in [-0.1, -0.05) is 10.3 Å². The van der Waals surface area contributed by atoms with E-state index in [9.17, 15) is 29.6 Å². The van der Waals surface area contributed by atoms with Crippen LogP contribution in [-0.2, 0) is 38.1 Å². The highest BCUT2D eigenvalue weighted by Gasteiger charge is 2.74. The number of nitrogens with zero attached hydrogens (tertiary/aromatic N) is 2. The van der Waals surface area contributed by atoms with Crippen molar-refractivity contribution >= 4 is 35.3 Å². The lowest BCUT2D eigenvalue weighted by atomic mass is 9.39. The molecule has 188 valence electrons. The Morgan fingerprint density at radius 2 is 0.765 bits per heavy atom. The first-order valence-corrected chi connectivity index (χ1v) is 11.4.